The molecule has 0 bridgehead atoms. The molecule has 3 aliphatic carbocycles. The molecule has 0 saturated carbocycles. The summed E-state index contributed by atoms with van der Waals surface area (Å²) in [4.78, 5) is 24.8. The van der Waals surface area contributed by atoms with Crippen LogP contribution in [0.4, 0.5) is 0 Å². The fourth-order valence-corrected chi connectivity index (χ4v) is 7.94. The number of rotatable bonds is 6. The Morgan fingerprint density at radius 3 is 2.20 bits per heavy atom. The highest BCUT2D eigenvalue weighted by Crippen LogP contribution is 2.41. The third kappa shape index (κ3) is 5.98. The summed E-state index contributed by atoms with van der Waals surface area (Å²) in [7, 11) is 0. The van der Waals surface area contributed by atoms with E-state index in [1.54, 1.807) is 0 Å². The second-order valence-electron chi connectivity index (χ2n) is 13.7. The number of aromatic nitrogens is 4. The van der Waals surface area contributed by atoms with E-state index in [1.165, 1.54) is 58.2 Å². The molecule has 2 unspecified atom stereocenters. The molecular formula is C45H39N5. The van der Waals surface area contributed by atoms with E-state index in [0.29, 0.717) is 23.4 Å². The molecule has 3 aromatic carbocycles. The molecule has 0 radical (unpaired) electrons. The van der Waals surface area contributed by atoms with Crippen LogP contribution in [-0.4, -0.2) is 26.2 Å². The van der Waals surface area contributed by atoms with Gasteiger partial charge < -0.3 is 0 Å². The van der Waals surface area contributed by atoms with Crippen molar-refractivity contribution in [1.82, 2.24) is 19.9 Å². The topological polar surface area (TPSA) is 63.9 Å². The number of para-hydroxylation sites is 1. The van der Waals surface area contributed by atoms with Gasteiger partial charge in [-0.15, -0.1) is 0 Å². The lowest BCUT2D eigenvalue weighted by molar-refractivity contribution is 0.480. The molecule has 0 N–H and O–H groups in total. The number of aliphatic imine (C=N–C) groups is 1. The zero-order chi connectivity index (χ0) is 33.3. The lowest BCUT2D eigenvalue weighted by atomic mass is 9.81. The number of hydrogen-bond donors (Lipinski definition) is 0. The molecule has 50 heavy (non-hydrogen) atoms. The molecule has 1 aliphatic heterocycles. The van der Waals surface area contributed by atoms with E-state index in [-0.39, 0.29) is 5.92 Å². The van der Waals surface area contributed by atoms with Crippen LogP contribution in [0.25, 0.3) is 50.4 Å². The zero-order valence-electron chi connectivity index (χ0n) is 28.2. The molecule has 0 amide bonds. The van der Waals surface area contributed by atoms with Crippen LogP contribution in [0.15, 0.2) is 132 Å². The van der Waals surface area contributed by atoms with Crippen molar-refractivity contribution in [2.45, 2.75) is 57.3 Å². The third-order valence-electron chi connectivity index (χ3n) is 10.6. The largest absolute Gasteiger partial charge is 0.265 e. The lowest BCUT2D eigenvalue weighted by Gasteiger charge is -2.28. The zero-order valence-corrected chi connectivity index (χ0v) is 28.2. The van der Waals surface area contributed by atoms with Crippen LogP contribution in [0.5, 0.6) is 0 Å². The van der Waals surface area contributed by atoms with Crippen molar-refractivity contribution < 1.29 is 0 Å². The van der Waals surface area contributed by atoms with Gasteiger partial charge in [0.25, 0.3) is 0 Å². The Labute approximate surface area is 293 Å². The molecule has 5 heteroatoms. The number of fused-ring (bicyclic) bond motifs is 2. The van der Waals surface area contributed by atoms with Gasteiger partial charge in [0.05, 0.1) is 5.52 Å². The van der Waals surface area contributed by atoms with Gasteiger partial charge in [-0.1, -0.05) is 109 Å². The van der Waals surface area contributed by atoms with E-state index in [2.05, 4.69) is 115 Å². The lowest BCUT2D eigenvalue weighted by Crippen LogP contribution is -2.14. The van der Waals surface area contributed by atoms with Crippen LogP contribution in [0.3, 0.4) is 0 Å². The summed E-state index contributed by atoms with van der Waals surface area (Å²) in [6.07, 6.45) is 26.2. The van der Waals surface area contributed by atoms with E-state index >= 15 is 0 Å². The van der Waals surface area contributed by atoms with Gasteiger partial charge in [0.15, 0.2) is 17.5 Å². The standard InChI is InChI=1S/C45H39N5/c1-2-8-30(9-3-1)31-16-22-36(23-17-31)43-48-44(37-24-18-32(19-25-37)39-14-4-10-34-12-6-28-46-41(34)39)50-45(49-43)38-26-20-33(21-27-38)40-15-5-11-35-13-7-29-47-42(35)40/h1-2,4,6,8,10,12,14,16-18,20-29,32,35H,3,5,7,9,11,13,15,19H2. The molecule has 0 saturated heterocycles. The molecule has 0 fully saturated rings. The van der Waals surface area contributed by atoms with Crippen LogP contribution in [0.1, 0.15) is 79.8 Å². The van der Waals surface area contributed by atoms with Crippen LogP contribution >= 0.6 is 0 Å². The fourth-order valence-electron chi connectivity index (χ4n) is 7.94. The first-order chi connectivity index (χ1) is 24.8. The Balaban J connectivity index is 1.07. The van der Waals surface area contributed by atoms with Crippen LogP contribution < -0.4 is 0 Å². The summed E-state index contributed by atoms with van der Waals surface area (Å²) in [6.45, 7) is 0. The highest BCUT2D eigenvalue weighted by Gasteiger charge is 2.25. The molecule has 0 spiro atoms. The molecule has 244 valence electrons. The Kier molecular flexibility index (Phi) is 8.17. The Hall–Kier alpha value is -5.55. The number of benzene rings is 3. The highest BCUT2D eigenvalue weighted by atomic mass is 15.0. The normalized spacial score (nSPS) is 20.1. The van der Waals surface area contributed by atoms with Gasteiger partial charge in [-0.25, -0.2) is 15.0 Å². The summed E-state index contributed by atoms with van der Waals surface area (Å²) < 4.78 is 0. The summed E-state index contributed by atoms with van der Waals surface area (Å²) in [6, 6.07) is 28.1. The number of nitrogens with zero attached hydrogens (tertiary/aromatic N) is 5. The second-order valence-corrected chi connectivity index (χ2v) is 13.7. The maximum Gasteiger partial charge on any atom is 0.164 e. The predicted molar refractivity (Wildman–Crippen MR) is 205 cm³/mol. The molecule has 5 nitrogen and oxygen atoms in total. The van der Waals surface area contributed by atoms with Gasteiger partial charge in [-0.3, -0.25) is 9.98 Å². The molecule has 2 aromatic heterocycles. The molecule has 5 aromatic rings. The summed E-state index contributed by atoms with van der Waals surface area (Å²) in [5, 5.41) is 1.17. The van der Waals surface area contributed by atoms with Crippen molar-refractivity contribution in [1.29, 1.82) is 0 Å². The fraction of sp³-hybridized carbons (Fsp3) is 0.222. The second kappa shape index (κ2) is 13.4. The average Bonchev–Trinajstić information content (AvgIpc) is 3.21. The molecule has 2 atom stereocenters. The van der Waals surface area contributed by atoms with E-state index in [0.717, 1.165) is 54.3 Å². The molecule has 4 aliphatic rings. The third-order valence-corrected chi connectivity index (χ3v) is 10.6. The van der Waals surface area contributed by atoms with Crippen molar-refractivity contribution >= 4 is 33.8 Å². The molecule has 3 heterocycles. The predicted octanol–water partition coefficient (Wildman–Crippen LogP) is 11.0. The van der Waals surface area contributed by atoms with Gasteiger partial charge >= 0.3 is 0 Å². The van der Waals surface area contributed by atoms with Crippen molar-refractivity contribution in [2.75, 3.05) is 0 Å². The minimum absolute atomic E-state index is 0.241. The van der Waals surface area contributed by atoms with Gasteiger partial charge in [0.2, 0.25) is 0 Å². The van der Waals surface area contributed by atoms with Gasteiger partial charge in [0, 0.05) is 52.0 Å². The van der Waals surface area contributed by atoms with Crippen molar-refractivity contribution in [2.24, 2.45) is 10.9 Å². The molecule has 9 rings (SSSR count). The minimum Gasteiger partial charge on any atom is -0.265 e. The maximum absolute atomic E-state index is 5.09. The smallest absolute Gasteiger partial charge is 0.164 e. The van der Waals surface area contributed by atoms with Crippen LogP contribution in [0.2, 0.25) is 0 Å². The highest BCUT2D eigenvalue weighted by molar-refractivity contribution is 5.83. The summed E-state index contributed by atoms with van der Waals surface area (Å²) in [5.41, 5.74) is 11.9. The quantitative estimate of drug-likeness (QED) is 0.184. The Bertz CT molecular complexity index is 2260. The number of allylic oxidation sites excluding steroid dienone is 10. The van der Waals surface area contributed by atoms with E-state index in [1.807, 2.05) is 12.3 Å². The minimum atomic E-state index is 0.241. The maximum atomic E-state index is 5.09. The number of hydrogen-bond acceptors (Lipinski definition) is 5. The van der Waals surface area contributed by atoms with Crippen molar-refractivity contribution in [3.05, 3.63) is 150 Å². The first-order valence-corrected chi connectivity index (χ1v) is 18.1. The summed E-state index contributed by atoms with van der Waals surface area (Å²) >= 11 is 0. The van der Waals surface area contributed by atoms with Crippen molar-refractivity contribution in [3.8, 4) is 22.8 Å². The van der Waals surface area contributed by atoms with Gasteiger partial charge in [0.1, 0.15) is 0 Å². The Morgan fingerprint density at radius 2 is 1.44 bits per heavy atom. The number of pyridine rings is 1. The Morgan fingerprint density at radius 1 is 0.680 bits per heavy atom. The van der Waals surface area contributed by atoms with Gasteiger partial charge in [-0.05, 0) is 85.3 Å². The molecular weight excluding hydrogens is 611 g/mol. The van der Waals surface area contributed by atoms with Crippen LogP contribution in [-0.2, 0) is 0 Å². The van der Waals surface area contributed by atoms with Crippen LogP contribution in [0, 0.1) is 5.92 Å². The van der Waals surface area contributed by atoms with E-state index < -0.39 is 0 Å². The summed E-state index contributed by atoms with van der Waals surface area (Å²) in [5.74, 6) is 2.91. The van der Waals surface area contributed by atoms with E-state index in [4.69, 9.17) is 24.9 Å². The monoisotopic (exact) mass is 649 g/mol. The first-order valence-electron chi connectivity index (χ1n) is 18.1. The average molecular weight is 650 g/mol. The SMILES string of the molecule is C1=CCCC(c2ccc(-c3nc(C4=CCC(c5cccc6cccnc56)C=C4)nc(-c4ccc(C5=C6N=CCCC6CCC5)cc4)n3)cc2)=C1. The van der Waals surface area contributed by atoms with Gasteiger partial charge in [-0.2, -0.15) is 0 Å². The van der Waals surface area contributed by atoms with Crippen molar-refractivity contribution in [3.63, 3.8) is 0 Å². The first kappa shape index (κ1) is 30.5. The van der Waals surface area contributed by atoms with E-state index in [9.17, 15) is 0 Å².